The molecule has 9 heteroatoms. The monoisotopic (exact) mass is 514 g/mol. The smallest absolute Gasteiger partial charge is 0.218 e. The highest BCUT2D eigenvalue weighted by Crippen LogP contribution is 2.15. The van der Waals surface area contributed by atoms with Crippen molar-refractivity contribution in [3.63, 3.8) is 0 Å². The molecule has 0 aromatic carbocycles. The van der Waals surface area contributed by atoms with Gasteiger partial charge < -0.3 is 19.5 Å². The molecule has 0 bridgehead atoms. The zero-order valence-corrected chi connectivity index (χ0v) is 19.5. The second kappa shape index (κ2) is 12.6. The number of aromatic nitrogens is 2. The fraction of sp³-hybridized carbons (Fsp3) is 0.550. The Morgan fingerprint density at radius 1 is 1.28 bits per heavy atom. The number of guanidine groups is 1. The van der Waals surface area contributed by atoms with E-state index in [0.29, 0.717) is 19.0 Å². The van der Waals surface area contributed by atoms with E-state index >= 15 is 0 Å². The van der Waals surface area contributed by atoms with Crippen molar-refractivity contribution in [3.8, 4) is 5.88 Å². The Hall–Kier alpha value is -1.88. The van der Waals surface area contributed by atoms with Gasteiger partial charge in [0.05, 0.1) is 12.3 Å². The summed E-state index contributed by atoms with van der Waals surface area (Å²) >= 11 is 0. The van der Waals surface area contributed by atoms with Gasteiger partial charge in [0.1, 0.15) is 6.26 Å². The van der Waals surface area contributed by atoms with Gasteiger partial charge in [-0.15, -0.1) is 24.0 Å². The van der Waals surface area contributed by atoms with Gasteiger partial charge in [0.2, 0.25) is 5.88 Å². The Kier molecular flexibility index (Phi) is 10.2. The molecule has 0 atom stereocenters. The molecule has 0 saturated carbocycles. The van der Waals surface area contributed by atoms with Gasteiger partial charge in [0.15, 0.2) is 5.96 Å². The summed E-state index contributed by atoms with van der Waals surface area (Å²) in [6.45, 7) is 8.08. The molecule has 1 fully saturated rings. The predicted molar refractivity (Wildman–Crippen MR) is 124 cm³/mol. The maximum absolute atomic E-state index is 5.83. The Labute approximate surface area is 189 Å². The van der Waals surface area contributed by atoms with Crippen molar-refractivity contribution in [2.24, 2.45) is 4.99 Å². The number of ether oxygens (including phenoxy) is 1. The molecule has 8 nitrogen and oxygen atoms in total. The topological polar surface area (TPSA) is 79.0 Å². The predicted octanol–water partition coefficient (Wildman–Crippen LogP) is 2.76. The molecule has 29 heavy (non-hydrogen) atoms. The van der Waals surface area contributed by atoms with Crippen LogP contribution >= 0.6 is 24.0 Å². The fourth-order valence-electron chi connectivity index (χ4n) is 3.17. The molecular weight excluding hydrogens is 483 g/mol. The van der Waals surface area contributed by atoms with Crippen LogP contribution in [0.25, 0.3) is 0 Å². The van der Waals surface area contributed by atoms with E-state index in [9.17, 15) is 0 Å². The Morgan fingerprint density at radius 3 is 2.79 bits per heavy atom. The van der Waals surface area contributed by atoms with E-state index in [-0.39, 0.29) is 24.0 Å². The number of halogens is 1. The van der Waals surface area contributed by atoms with Crippen LogP contribution in [0.3, 0.4) is 0 Å². The van der Waals surface area contributed by atoms with Gasteiger partial charge in [0, 0.05) is 64.1 Å². The first kappa shape index (κ1) is 23.4. The van der Waals surface area contributed by atoms with Gasteiger partial charge in [-0.05, 0) is 12.5 Å². The van der Waals surface area contributed by atoms with Crippen LogP contribution in [0.5, 0.6) is 5.88 Å². The summed E-state index contributed by atoms with van der Waals surface area (Å²) < 4.78 is 10.7. The highest BCUT2D eigenvalue weighted by molar-refractivity contribution is 14.0. The summed E-state index contributed by atoms with van der Waals surface area (Å²) in [4.78, 5) is 13.5. The van der Waals surface area contributed by atoms with Crippen molar-refractivity contribution in [3.05, 3.63) is 41.9 Å². The van der Waals surface area contributed by atoms with Crippen molar-refractivity contribution in [1.82, 2.24) is 25.3 Å². The van der Waals surface area contributed by atoms with Gasteiger partial charge in [-0.3, -0.25) is 9.89 Å². The summed E-state index contributed by atoms with van der Waals surface area (Å²) in [5.74, 6) is 1.61. The van der Waals surface area contributed by atoms with Gasteiger partial charge in [-0.1, -0.05) is 24.6 Å². The Morgan fingerprint density at radius 2 is 2.10 bits per heavy atom. The van der Waals surface area contributed by atoms with Crippen LogP contribution in [0.2, 0.25) is 0 Å². The van der Waals surface area contributed by atoms with Crippen LogP contribution in [-0.2, 0) is 13.1 Å². The standard InChI is InChI=1S/C20H30N6O2.HI/c1-3-4-13-27-19-17(6-5-8-22-19)15-23-20(21-2)26-11-9-25(10-12-26)16-18-7-14-28-24-18;/h5-8,14H,3-4,9-13,15-16H2,1-2H3,(H,21,23);1H. The quantitative estimate of drug-likeness (QED) is 0.251. The molecular formula is C20H31IN6O2. The first-order valence-electron chi connectivity index (χ1n) is 9.94. The van der Waals surface area contributed by atoms with Gasteiger partial charge in [-0.25, -0.2) is 4.98 Å². The number of aliphatic imine (C=N–C) groups is 1. The molecule has 1 aliphatic rings. The van der Waals surface area contributed by atoms with Crippen molar-refractivity contribution >= 4 is 29.9 Å². The lowest BCUT2D eigenvalue weighted by Crippen LogP contribution is -2.52. The zero-order valence-electron chi connectivity index (χ0n) is 17.2. The molecule has 1 aliphatic heterocycles. The summed E-state index contributed by atoms with van der Waals surface area (Å²) in [7, 11) is 1.83. The lowest BCUT2D eigenvalue weighted by atomic mass is 10.2. The second-order valence-corrected chi connectivity index (χ2v) is 6.82. The molecule has 0 aliphatic carbocycles. The Bertz CT molecular complexity index is 732. The van der Waals surface area contributed by atoms with E-state index in [2.05, 4.69) is 37.2 Å². The molecule has 2 aromatic rings. The zero-order chi connectivity index (χ0) is 19.6. The van der Waals surface area contributed by atoms with Crippen LogP contribution in [0.1, 0.15) is 31.0 Å². The van der Waals surface area contributed by atoms with E-state index in [4.69, 9.17) is 9.26 Å². The summed E-state index contributed by atoms with van der Waals surface area (Å²) in [6.07, 6.45) is 5.53. The van der Waals surface area contributed by atoms with Crippen molar-refractivity contribution in [2.45, 2.75) is 32.9 Å². The number of hydrogen-bond acceptors (Lipinski definition) is 6. The number of pyridine rings is 1. The fourth-order valence-corrected chi connectivity index (χ4v) is 3.17. The van der Waals surface area contributed by atoms with Crippen molar-refractivity contribution in [1.29, 1.82) is 0 Å². The van der Waals surface area contributed by atoms with E-state index in [1.165, 1.54) is 0 Å². The van der Waals surface area contributed by atoms with Crippen LogP contribution in [-0.4, -0.2) is 65.7 Å². The minimum Gasteiger partial charge on any atom is -0.477 e. The molecule has 0 spiro atoms. The first-order chi connectivity index (χ1) is 13.8. The lowest BCUT2D eigenvalue weighted by Gasteiger charge is -2.36. The number of hydrogen-bond donors (Lipinski definition) is 1. The van der Waals surface area contributed by atoms with Crippen molar-refractivity contribution in [2.75, 3.05) is 39.8 Å². The summed E-state index contributed by atoms with van der Waals surface area (Å²) in [5.41, 5.74) is 2.02. The molecule has 1 saturated heterocycles. The van der Waals surface area contributed by atoms with Gasteiger partial charge in [-0.2, -0.15) is 0 Å². The normalized spacial score (nSPS) is 15.1. The van der Waals surface area contributed by atoms with Gasteiger partial charge >= 0.3 is 0 Å². The summed E-state index contributed by atoms with van der Waals surface area (Å²) in [6, 6.07) is 5.90. The molecule has 3 heterocycles. The highest BCUT2D eigenvalue weighted by atomic mass is 127. The molecule has 0 radical (unpaired) electrons. The average Bonchev–Trinajstić information content (AvgIpc) is 3.24. The minimum atomic E-state index is 0. The minimum absolute atomic E-state index is 0. The third-order valence-corrected chi connectivity index (χ3v) is 4.78. The first-order valence-corrected chi connectivity index (χ1v) is 9.94. The maximum atomic E-state index is 5.83. The largest absolute Gasteiger partial charge is 0.477 e. The van der Waals surface area contributed by atoms with Crippen LogP contribution in [0, 0.1) is 0 Å². The second-order valence-electron chi connectivity index (χ2n) is 6.82. The number of nitrogens with one attached hydrogen (secondary N) is 1. The Balaban J connectivity index is 0.00000300. The number of unbranched alkanes of at least 4 members (excludes halogenated alkanes) is 1. The van der Waals surface area contributed by atoms with E-state index in [0.717, 1.165) is 62.8 Å². The van der Waals surface area contributed by atoms with Crippen molar-refractivity contribution < 1.29 is 9.26 Å². The number of nitrogens with zero attached hydrogens (tertiary/aromatic N) is 5. The van der Waals surface area contributed by atoms with E-state index < -0.39 is 0 Å². The average molecular weight is 514 g/mol. The molecule has 0 amide bonds. The van der Waals surface area contributed by atoms with Crippen LogP contribution in [0.15, 0.2) is 40.2 Å². The SMILES string of the molecule is CCCCOc1ncccc1CNC(=NC)N1CCN(Cc2ccon2)CC1.I. The third-order valence-electron chi connectivity index (χ3n) is 4.78. The van der Waals surface area contributed by atoms with Crippen LogP contribution < -0.4 is 10.1 Å². The molecule has 160 valence electrons. The molecule has 1 N–H and O–H groups in total. The molecule has 2 aromatic heterocycles. The molecule has 3 rings (SSSR count). The number of piperazine rings is 1. The van der Waals surface area contributed by atoms with Crippen LogP contribution in [0.4, 0.5) is 0 Å². The van der Waals surface area contributed by atoms with E-state index in [1.807, 2.05) is 25.2 Å². The summed E-state index contributed by atoms with van der Waals surface area (Å²) in [5, 5.41) is 7.45. The maximum Gasteiger partial charge on any atom is 0.218 e. The number of rotatable bonds is 8. The van der Waals surface area contributed by atoms with E-state index in [1.54, 1.807) is 12.5 Å². The third kappa shape index (κ3) is 7.14. The van der Waals surface area contributed by atoms with Gasteiger partial charge in [0.25, 0.3) is 0 Å². The lowest BCUT2D eigenvalue weighted by molar-refractivity contribution is 0.169. The highest BCUT2D eigenvalue weighted by Gasteiger charge is 2.20. The molecule has 0 unspecified atom stereocenters.